The monoisotopic (exact) mass is 741 g/mol. The SMILES string of the molecule is Cc1ccccc1Cc1cc(C(Cc2ccccc2C)C(C#N)(C(=O)O)C(Cc2ccccc2C)c2cc(C)c(O)c(Cc3ccccc3C)c2)cc(C)c1O. The van der Waals surface area contributed by atoms with Gasteiger partial charge in [-0.3, -0.25) is 4.79 Å². The number of nitriles is 1. The number of carboxylic acid groups (broad SMARTS) is 1. The molecule has 0 saturated heterocycles. The molecule has 0 spiro atoms. The number of carbonyl (C=O) groups is 1. The Bertz CT molecular complexity index is 2280. The lowest BCUT2D eigenvalue weighted by molar-refractivity contribution is -0.148. The normalized spacial score (nSPS) is 13.4. The quantitative estimate of drug-likeness (QED) is 0.109. The molecule has 0 radical (unpaired) electrons. The van der Waals surface area contributed by atoms with Gasteiger partial charge in [0.2, 0.25) is 0 Å². The van der Waals surface area contributed by atoms with Gasteiger partial charge in [0.1, 0.15) is 11.5 Å². The Labute approximate surface area is 331 Å². The number of carboxylic acids is 1. The van der Waals surface area contributed by atoms with Crippen molar-refractivity contribution < 1.29 is 20.1 Å². The molecule has 56 heavy (non-hydrogen) atoms. The molecule has 5 nitrogen and oxygen atoms in total. The largest absolute Gasteiger partial charge is 0.507 e. The van der Waals surface area contributed by atoms with Gasteiger partial charge in [0, 0.05) is 24.7 Å². The summed E-state index contributed by atoms with van der Waals surface area (Å²) in [5, 5.41) is 46.5. The highest BCUT2D eigenvalue weighted by Crippen LogP contribution is 2.52. The number of aliphatic carboxylic acids is 1. The molecule has 284 valence electrons. The van der Waals surface area contributed by atoms with E-state index < -0.39 is 23.2 Å². The number of hydrogen-bond acceptors (Lipinski definition) is 4. The predicted octanol–water partition coefficient (Wildman–Crippen LogP) is 11.1. The van der Waals surface area contributed by atoms with Crippen LogP contribution in [0.25, 0.3) is 0 Å². The zero-order valence-electron chi connectivity index (χ0n) is 33.2. The van der Waals surface area contributed by atoms with E-state index in [0.717, 1.165) is 44.5 Å². The number of aryl methyl sites for hydroxylation is 6. The summed E-state index contributed by atoms with van der Waals surface area (Å²) in [5.41, 5.74) is 10.1. The van der Waals surface area contributed by atoms with Crippen LogP contribution in [0, 0.1) is 58.3 Å². The van der Waals surface area contributed by atoms with Gasteiger partial charge in [-0.1, -0.05) is 121 Å². The van der Waals surface area contributed by atoms with E-state index in [1.807, 2.05) is 163 Å². The van der Waals surface area contributed by atoms with Crippen LogP contribution in [-0.4, -0.2) is 21.3 Å². The fraction of sp³-hybridized carbons (Fsp3) is 0.255. The standard InChI is InChI=1S/C51H51NO4/c1-32-15-7-11-19-38(32)25-44-27-42(23-36(5)48(44)53)46(29-40-21-13-9-17-34(40)3)51(31-52,50(55)56)47(30-41-22-14-10-18-35(41)4)43-24-37(6)49(54)45(28-43)26-39-20-12-8-16-33(39)2/h7-24,27-28,46-47,53-54H,25-26,29-30H2,1-6H3,(H,55,56). The third-order valence-electron chi connectivity index (χ3n) is 11.9. The summed E-state index contributed by atoms with van der Waals surface area (Å²) in [4.78, 5) is 14.5. The van der Waals surface area contributed by atoms with Crippen molar-refractivity contribution in [1.82, 2.24) is 0 Å². The Morgan fingerprint density at radius 3 is 1.14 bits per heavy atom. The number of hydrogen-bond donors (Lipinski definition) is 3. The molecule has 6 rings (SSSR count). The molecule has 5 heteroatoms. The zero-order chi connectivity index (χ0) is 40.1. The molecule has 0 bridgehead atoms. The van der Waals surface area contributed by atoms with E-state index in [0.29, 0.717) is 46.2 Å². The number of phenolic OH excluding ortho intramolecular Hbond substituents is 2. The lowest BCUT2D eigenvalue weighted by Gasteiger charge is -2.40. The second-order valence-electron chi connectivity index (χ2n) is 15.5. The Kier molecular flexibility index (Phi) is 11.8. The molecule has 0 aliphatic rings. The van der Waals surface area contributed by atoms with Crippen molar-refractivity contribution in [2.24, 2.45) is 5.41 Å². The third kappa shape index (κ3) is 7.97. The predicted molar refractivity (Wildman–Crippen MR) is 225 cm³/mol. The molecule has 0 amide bonds. The number of benzene rings is 6. The summed E-state index contributed by atoms with van der Waals surface area (Å²) in [7, 11) is 0. The van der Waals surface area contributed by atoms with Crippen LogP contribution in [-0.2, 0) is 30.5 Å². The van der Waals surface area contributed by atoms with Gasteiger partial charge in [0.15, 0.2) is 5.41 Å². The maximum Gasteiger partial charge on any atom is 0.325 e. The highest BCUT2D eigenvalue weighted by atomic mass is 16.4. The Morgan fingerprint density at radius 1 is 0.518 bits per heavy atom. The molecule has 0 saturated carbocycles. The second kappa shape index (κ2) is 16.7. The molecule has 3 N–H and O–H groups in total. The smallest absolute Gasteiger partial charge is 0.325 e. The van der Waals surface area contributed by atoms with Gasteiger partial charge >= 0.3 is 5.97 Å². The molecular weight excluding hydrogens is 691 g/mol. The number of phenols is 2. The first-order chi connectivity index (χ1) is 26.8. The molecular formula is C51H51NO4. The summed E-state index contributed by atoms with van der Waals surface area (Å²) in [6, 6.07) is 42.0. The summed E-state index contributed by atoms with van der Waals surface area (Å²) < 4.78 is 0. The summed E-state index contributed by atoms with van der Waals surface area (Å²) >= 11 is 0. The van der Waals surface area contributed by atoms with Crippen molar-refractivity contribution in [2.45, 2.75) is 79.1 Å². The minimum absolute atomic E-state index is 0.163. The van der Waals surface area contributed by atoms with Crippen LogP contribution < -0.4 is 0 Å². The highest BCUT2D eigenvalue weighted by Gasteiger charge is 2.54. The Hall–Kier alpha value is -6.12. The van der Waals surface area contributed by atoms with Crippen LogP contribution in [0.1, 0.15) is 89.7 Å². The minimum Gasteiger partial charge on any atom is -0.507 e. The first-order valence-electron chi connectivity index (χ1n) is 19.3. The fourth-order valence-electron chi connectivity index (χ4n) is 8.41. The summed E-state index contributed by atoms with van der Waals surface area (Å²) in [6.45, 7) is 11.8. The van der Waals surface area contributed by atoms with Gasteiger partial charge in [0.05, 0.1) is 6.07 Å². The topological polar surface area (TPSA) is 102 Å². The summed E-state index contributed by atoms with van der Waals surface area (Å²) in [5.74, 6) is -2.57. The number of aromatic hydroxyl groups is 2. The van der Waals surface area contributed by atoms with Crippen LogP contribution in [0.3, 0.4) is 0 Å². The maximum absolute atomic E-state index is 14.5. The van der Waals surface area contributed by atoms with E-state index in [2.05, 4.69) is 6.07 Å². The maximum atomic E-state index is 14.5. The minimum atomic E-state index is -2.00. The van der Waals surface area contributed by atoms with Gasteiger partial charge in [-0.15, -0.1) is 0 Å². The number of nitrogens with zero attached hydrogens (tertiary/aromatic N) is 1. The van der Waals surface area contributed by atoms with Gasteiger partial charge < -0.3 is 15.3 Å². The Morgan fingerprint density at radius 2 is 0.839 bits per heavy atom. The van der Waals surface area contributed by atoms with Crippen molar-refractivity contribution in [3.8, 4) is 17.6 Å². The van der Waals surface area contributed by atoms with Gasteiger partial charge in [-0.05, 0) is 132 Å². The van der Waals surface area contributed by atoms with Crippen molar-refractivity contribution in [2.75, 3.05) is 0 Å². The molecule has 0 fully saturated rings. The van der Waals surface area contributed by atoms with Gasteiger partial charge in [0.25, 0.3) is 0 Å². The van der Waals surface area contributed by atoms with E-state index in [9.17, 15) is 25.4 Å². The average molecular weight is 742 g/mol. The van der Waals surface area contributed by atoms with Crippen molar-refractivity contribution in [3.63, 3.8) is 0 Å². The highest BCUT2D eigenvalue weighted by molar-refractivity contribution is 5.82. The molecule has 6 aromatic rings. The van der Waals surface area contributed by atoms with E-state index in [4.69, 9.17) is 0 Å². The molecule has 0 aliphatic carbocycles. The molecule has 2 atom stereocenters. The zero-order valence-corrected chi connectivity index (χ0v) is 33.2. The lowest BCUT2D eigenvalue weighted by atomic mass is 9.59. The fourth-order valence-corrected chi connectivity index (χ4v) is 8.41. The van der Waals surface area contributed by atoms with E-state index in [1.165, 1.54) is 0 Å². The molecule has 0 aliphatic heterocycles. The van der Waals surface area contributed by atoms with Crippen LogP contribution in [0.5, 0.6) is 11.5 Å². The van der Waals surface area contributed by atoms with E-state index >= 15 is 0 Å². The van der Waals surface area contributed by atoms with E-state index in [-0.39, 0.29) is 24.3 Å². The van der Waals surface area contributed by atoms with Crippen molar-refractivity contribution in [1.29, 1.82) is 5.26 Å². The molecule has 0 aromatic heterocycles. The van der Waals surface area contributed by atoms with E-state index in [1.54, 1.807) is 0 Å². The van der Waals surface area contributed by atoms with Crippen molar-refractivity contribution in [3.05, 3.63) is 199 Å². The summed E-state index contributed by atoms with van der Waals surface area (Å²) in [6.07, 6.45) is 1.45. The van der Waals surface area contributed by atoms with Gasteiger partial charge in [-0.2, -0.15) is 5.26 Å². The lowest BCUT2D eigenvalue weighted by Crippen LogP contribution is -2.44. The van der Waals surface area contributed by atoms with Crippen LogP contribution in [0.4, 0.5) is 0 Å². The second-order valence-corrected chi connectivity index (χ2v) is 15.5. The van der Waals surface area contributed by atoms with Crippen LogP contribution in [0.2, 0.25) is 0 Å². The van der Waals surface area contributed by atoms with Gasteiger partial charge in [-0.25, -0.2) is 0 Å². The first kappa shape index (κ1) is 39.6. The molecule has 2 unspecified atom stereocenters. The molecule has 6 aromatic carbocycles. The first-order valence-corrected chi connectivity index (χ1v) is 19.3. The average Bonchev–Trinajstić information content (AvgIpc) is 3.17. The third-order valence-corrected chi connectivity index (χ3v) is 11.9. The molecule has 0 heterocycles. The Balaban J connectivity index is 1.64. The van der Waals surface area contributed by atoms with Crippen LogP contribution >= 0.6 is 0 Å². The van der Waals surface area contributed by atoms with Crippen molar-refractivity contribution >= 4 is 5.97 Å². The van der Waals surface area contributed by atoms with Crippen LogP contribution in [0.15, 0.2) is 121 Å². The number of rotatable bonds is 13.